The number of terminal acetylenes is 1. The summed E-state index contributed by atoms with van der Waals surface area (Å²) in [7, 11) is 0. The highest BCUT2D eigenvalue weighted by molar-refractivity contribution is 4.92. The van der Waals surface area contributed by atoms with E-state index >= 15 is 0 Å². The molecule has 2 heteroatoms. The molecule has 0 amide bonds. The molecule has 1 atom stereocenters. The van der Waals surface area contributed by atoms with E-state index < -0.39 is 0 Å². The van der Waals surface area contributed by atoms with Crippen LogP contribution < -0.4 is 0 Å². The Morgan fingerprint density at radius 1 is 1.70 bits per heavy atom. The standard InChI is InChI=1S/C8H13NO/c1-2-5-9-6-3-4-8(9)7-10/h1,8,10H,3-7H2/t8-/m1/s1. The molecule has 0 aromatic heterocycles. The molecular weight excluding hydrogens is 126 g/mol. The zero-order chi connectivity index (χ0) is 7.40. The number of aliphatic hydroxyl groups excluding tert-OH is 1. The van der Waals surface area contributed by atoms with Crippen LogP contribution in [-0.4, -0.2) is 35.7 Å². The van der Waals surface area contributed by atoms with Crippen molar-refractivity contribution in [1.29, 1.82) is 0 Å². The molecule has 0 spiro atoms. The molecule has 0 saturated carbocycles. The summed E-state index contributed by atoms with van der Waals surface area (Å²) in [5, 5.41) is 8.85. The molecule has 0 unspecified atom stereocenters. The van der Waals surface area contributed by atoms with Crippen LogP contribution in [0.4, 0.5) is 0 Å². The first kappa shape index (κ1) is 7.59. The van der Waals surface area contributed by atoms with Crippen LogP contribution in [0.15, 0.2) is 0 Å². The average Bonchev–Trinajstić information content (AvgIpc) is 2.36. The summed E-state index contributed by atoms with van der Waals surface area (Å²) < 4.78 is 0. The Kier molecular flexibility index (Phi) is 2.73. The smallest absolute Gasteiger partial charge is 0.0602 e. The van der Waals surface area contributed by atoms with Crippen molar-refractivity contribution in [3.8, 4) is 12.3 Å². The number of rotatable bonds is 2. The van der Waals surface area contributed by atoms with E-state index in [4.69, 9.17) is 11.5 Å². The molecule has 56 valence electrons. The largest absolute Gasteiger partial charge is 0.395 e. The van der Waals surface area contributed by atoms with Crippen LogP contribution in [0.1, 0.15) is 12.8 Å². The first-order valence-electron chi connectivity index (χ1n) is 3.67. The fourth-order valence-corrected chi connectivity index (χ4v) is 1.43. The van der Waals surface area contributed by atoms with Gasteiger partial charge in [-0.05, 0) is 19.4 Å². The monoisotopic (exact) mass is 139 g/mol. The van der Waals surface area contributed by atoms with Crippen molar-refractivity contribution in [3.05, 3.63) is 0 Å². The van der Waals surface area contributed by atoms with E-state index in [-0.39, 0.29) is 6.61 Å². The summed E-state index contributed by atoms with van der Waals surface area (Å²) in [4.78, 5) is 2.15. The third-order valence-corrected chi connectivity index (χ3v) is 2.00. The molecule has 0 aliphatic carbocycles. The summed E-state index contributed by atoms with van der Waals surface area (Å²) in [5.74, 6) is 2.59. The van der Waals surface area contributed by atoms with Gasteiger partial charge in [-0.25, -0.2) is 0 Å². The van der Waals surface area contributed by atoms with E-state index in [9.17, 15) is 0 Å². The van der Waals surface area contributed by atoms with Crippen molar-refractivity contribution in [2.45, 2.75) is 18.9 Å². The maximum absolute atomic E-state index is 8.85. The number of hydrogen-bond donors (Lipinski definition) is 1. The van der Waals surface area contributed by atoms with Gasteiger partial charge in [0.05, 0.1) is 13.2 Å². The summed E-state index contributed by atoms with van der Waals surface area (Å²) in [5.41, 5.74) is 0. The van der Waals surface area contributed by atoms with Crippen molar-refractivity contribution in [2.75, 3.05) is 19.7 Å². The minimum Gasteiger partial charge on any atom is -0.395 e. The van der Waals surface area contributed by atoms with E-state index in [0.29, 0.717) is 12.6 Å². The van der Waals surface area contributed by atoms with Gasteiger partial charge in [-0.15, -0.1) is 6.42 Å². The number of likely N-dealkylation sites (tertiary alicyclic amines) is 1. The summed E-state index contributed by atoms with van der Waals surface area (Å²) in [6, 6.07) is 0.330. The highest BCUT2D eigenvalue weighted by Gasteiger charge is 2.21. The maximum Gasteiger partial charge on any atom is 0.0602 e. The lowest BCUT2D eigenvalue weighted by Gasteiger charge is -2.19. The quantitative estimate of drug-likeness (QED) is 0.547. The molecule has 1 aliphatic rings. The molecule has 0 bridgehead atoms. The van der Waals surface area contributed by atoms with Gasteiger partial charge in [0.1, 0.15) is 0 Å². The summed E-state index contributed by atoms with van der Waals surface area (Å²) >= 11 is 0. The van der Waals surface area contributed by atoms with Gasteiger partial charge in [0, 0.05) is 6.04 Å². The Balaban J connectivity index is 2.36. The first-order valence-corrected chi connectivity index (χ1v) is 3.67. The minimum atomic E-state index is 0.252. The molecule has 1 saturated heterocycles. The Morgan fingerprint density at radius 3 is 3.10 bits per heavy atom. The number of hydrogen-bond acceptors (Lipinski definition) is 2. The minimum absolute atomic E-state index is 0.252. The van der Waals surface area contributed by atoms with Gasteiger partial charge < -0.3 is 5.11 Å². The van der Waals surface area contributed by atoms with Crippen LogP contribution in [0.3, 0.4) is 0 Å². The molecule has 1 rings (SSSR count). The van der Waals surface area contributed by atoms with Crippen LogP contribution >= 0.6 is 0 Å². The molecule has 1 heterocycles. The van der Waals surface area contributed by atoms with E-state index in [2.05, 4.69) is 10.8 Å². The Bertz CT molecular complexity index is 139. The summed E-state index contributed by atoms with van der Waals surface area (Å²) in [6.45, 7) is 1.99. The molecule has 0 aromatic rings. The zero-order valence-electron chi connectivity index (χ0n) is 6.08. The van der Waals surface area contributed by atoms with E-state index in [1.807, 2.05) is 0 Å². The van der Waals surface area contributed by atoms with Crippen molar-refractivity contribution in [1.82, 2.24) is 4.90 Å². The highest BCUT2D eigenvalue weighted by atomic mass is 16.3. The fraction of sp³-hybridized carbons (Fsp3) is 0.750. The topological polar surface area (TPSA) is 23.5 Å². The first-order chi connectivity index (χ1) is 4.88. The second kappa shape index (κ2) is 3.60. The lowest BCUT2D eigenvalue weighted by atomic mass is 10.2. The molecule has 1 fully saturated rings. The van der Waals surface area contributed by atoms with Crippen LogP contribution in [0.25, 0.3) is 0 Å². The number of aliphatic hydroxyl groups is 1. The van der Waals surface area contributed by atoms with Crippen LogP contribution in [0.5, 0.6) is 0 Å². The SMILES string of the molecule is C#CCN1CCC[C@@H]1CO. The van der Waals surface area contributed by atoms with Gasteiger partial charge in [-0.3, -0.25) is 4.90 Å². The molecule has 1 N–H and O–H groups in total. The van der Waals surface area contributed by atoms with E-state index in [0.717, 1.165) is 13.0 Å². The molecule has 2 nitrogen and oxygen atoms in total. The predicted octanol–water partition coefficient (Wildman–Crippen LogP) is 0.0763. The van der Waals surface area contributed by atoms with Gasteiger partial charge in [0.2, 0.25) is 0 Å². The fourth-order valence-electron chi connectivity index (χ4n) is 1.43. The van der Waals surface area contributed by atoms with Gasteiger partial charge in [0.25, 0.3) is 0 Å². The van der Waals surface area contributed by atoms with Crippen LogP contribution in [0.2, 0.25) is 0 Å². The van der Waals surface area contributed by atoms with Crippen molar-refractivity contribution < 1.29 is 5.11 Å². The molecular formula is C8H13NO. The highest BCUT2D eigenvalue weighted by Crippen LogP contribution is 2.14. The van der Waals surface area contributed by atoms with Gasteiger partial charge >= 0.3 is 0 Å². The van der Waals surface area contributed by atoms with E-state index in [1.165, 1.54) is 6.42 Å². The summed E-state index contributed by atoms with van der Waals surface area (Å²) in [6.07, 6.45) is 7.42. The predicted molar refractivity (Wildman–Crippen MR) is 40.5 cm³/mol. The third-order valence-electron chi connectivity index (χ3n) is 2.00. The van der Waals surface area contributed by atoms with Crippen molar-refractivity contribution in [3.63, 3.8) is 0 Å². The molecule has 10 heavy (non-hydrogen) atoms. The van der Waals surface area contributed by atoms with Gasteiger partial charge in [-0.2, -0.15) is 0 Å². The lowest BCUT2D eigenvalue weighted by molar-refractivity contribution is 0.171. The average molecular weight is 139 g/mol. The van der Waals surface area contributed by atoms with Crippen molar-refractivity contribution in [2.24, 2.45) is 0 Å². The second-order valence-corrected chi connectivity index (χ2v) is 2.65. The Labute approximate surface area is 61.8 Å². The maximum atomic E-state index is 8.85. The normalized spacial score (nSPS) is 26.6. The van der Waals surface area contributed by atoms with Crippen LogP contribution in [-0.2, 0) is 0 Å². The zero-order valence-corrected chi connectivity index (χ0v) is 6.08. The lowest BCUT2D eigenvalue weighted by Crippen LogP contribution is -2.32. The Morgan fingerprint density at radius 2 is 2.50 bits per heavy atom. The van der Waals surface area contributed by atoms with Crippen molar-refractivity contribution >= 4 is 0 Å². The number of nitrogens with zero attached hydrogens (tertiary/aromatic N) is 1. The Hall–Kier alpha value is -0.520. The van der Waals surface area contributed by atoms with Gasteiger partial charge in [-0.1, -0.05) is 5.92 Å². The molecule has 0 radical (unpaired) electrons. The second-order valence-electron chi connectivity index (χ2n) is 2.65. The van der Waals surface area contributed by atoms with E-state index in [1.54, 1.807) is 0 Å². The van der Waals surface area contributed by atoms with Crippen LogP contribution in [0, 0.1) is 12.3 Å². The molecule has 0 aromatic carbocycles. The van der Waals surface area contributed by atoms with Gasteiger partial charge in [0.15, 0.2) is 0 Å². The third kappa shape index (κ3) is 1.50. The molecule has 1 aliphatic heterocycles.